The number of benzene rings is 1. The predicted molar refractivity (Wildman–Crippen MR) is 168 cm³/mol. The molecule has 3 saturated heterocycles. The van der Waals surface area contributed by atoms with Gasteiger partial charge in [-0.1, -0.05) is 64.0 Å². The minimum atomic E-state index is -3.10. The number of hydrogen-bond acceptors (Lipinski definition) is 5. The van der Waals surface area contributed by atoms with E-state index in [0.717, 1.165) is 50.2 Å². The van der Waals surface area contributed by atoms with Gasteiger partial charge in [0.15, 0.2) is 0 Å². The van der Waals surface area contributed by atoms with Crippen molar-refractivity contribution in [1.82, 2.24) is 14.7 Å². The third-order valence-corrected chi connectivity index (χ3v) is 8.04. The van der Waals surface area contributed by atoms with E-state index in [1.807, 2.05) is 20.8 Å². The summed E-state index contributed by atoms with van der Waals surface area (Å²) >= 11 is 0. The highest BCUT2D eigenvalue weighted by Gasteiger charge is 2.34. The van der Waals surface area contributed by atoms with E-state index in [1.54, 1.807) is 12.1 Å². The number of hydrogen-bond donors (Lipinski definition) is 0. The number of morpholine rings is 1. The molecule has 3 aliphatic heterocycles. The summed E-state index contributed by atoms with van der Waals surface area (Å²) < 4.78 is 34.4. The van der Waals surface area contributed by atoms with Crippen molar-refractivity contribution >= 4 is 0 Å². The van der Waals surface area contributed by atoms with Crippen molar-refractivity contribution in [2.24, 2.45) is 11.8 Å². The molecular formula is C34H57F2N3O2. The monoisotopic (exact) mass is 577 g/mol. The van der Waals surface area contributed by atoms with Crippen LogP contribution in [0.3, 0.4) is 0 Å². The van der Waals surface area contributed by atoms with Crippen LogP contribution >= 0.6 is 0 Å². The van der Waals surface area contributed by atoms with Crippen LogP contribution in [0.2, 0.25) is 0 Å². The van der Waals surface area contributed by atoms with E-state index in [9.17, 15) is 8.78 Å². The van der Waals surface area contributed by atoms with Crippen LogP contribution in [0.1, 0.15) is 73.3 Å². The lowest BCUT2D eigenvalue weighted by Crippen LogP contribution is -2.56. The third kappa shape index (κ3) is 12.8. The van der Waals surface area contributed by atoms with Gasteiger partial charge in [-0.05, 0) is 69.7 Å². The molecule has 0 saturated carbocycles. The Kier molecular flexibility index (Phi) is 15.4. The number of piperazine rings is 1. The van der Waals surface area contributed by atoms with Gasteiger partial charge in [0.25, 0.3) is 0 Å². The lowest BCUT2D eigenvalue weighted by Gasteiger charge is -2.48. The van der Waals surface area contributed by atoms with Gasteiger partial charge >= 0.3 is 6.11 Å². The molecule has 0 aromatic heterocycles. The average Bonchev–Trinajstić information content (AvgIpc) is 2.95. The van der Waals surface area contributed by atoms with Gasteiger partial charge < -0.3 is 14.4 Å². The SMILES string of the molecule is CC.CCC=C(/C=C(/C)C(C)C)N1CCN2CCC(CN3CCOCC3)CC2C1.Cc1ccc(OC(C)(F)F)cc1. The Morgan fingerprint density at radius 2 is 1.73 bits per heavy atom. The molecule has 2 unspecified atom stereocenters. The van der Waals surface area contributed by atoms with Crippen LogP contribution in [-0.4, -0.2) is 85.9 Å². The molecule has 2 atom stereocenters. The van der Waals surface area contributed by atoms with Crippen molar-refractivity contribution in [1.29, 1.82) is 0 Å². The molecule has 3 fully saturated rings. The Morgan fingerprint density at radius 1 is 1.07 bits per heavy atom. The molecule has 0 radical (unpaired) electrons. The normalized spacial score (nSPS) is 22.8. The summed E-state index contributed by atoms with van der Waals surface area (Å²) in [6, 6.07) is 7.22. The number of aryl methyl sites for hydroxylation is 1. The fourth-order valence-electron chi connectivity index (χ4n) is 5.51. The summed E-state index contributed by atoms with van der Waals surface area (Å²) in [4.78, 5) is 8.05. The minimum absolute atomic E-state index is 0.188. The molecule has 0 bridgehead atoms. The van der Waals surface area contributed by atoms with Crippen LogP contribution in [0.25, 0.3) is 0 Å². The molecular weight excluding hydrogens is 520 g/mol. The number of nitrogens with zero attached hydrogens (tertiary/aromatic N) is 3. The van der Waals surface area contributed by atoms with E-state index in [4.69, 9.17) is 4.74 Å². The standard InChI is InChI=1S/C23H41N3O.C9H10F2O.C2H6/c1-5-6-22(15-20(4)19(2)3)26-10-9-25-8-7-21(16-23(25)18-26)17-24-11-13-27-14-12-24;1-7-3-5-8(6-4-7)12-9(2,10)11;1-2/h6,15,19,21,23H,5,7-14,16-18H2,1-4H3;3-6H,1-2H3;1-2H3/b20-15-,22-6?;;. The van der Waals surface area contributed by atoms with Gasteiger partial charge in [0.1, 0.15) is 5.75 Å². The van der Waals surface area contributed by atoms with Crippen molar-refractivity contribution < 1.29 is 18.3 Å². The molecule has 0 spiro atoms. The highest BCUT2D eigenvalue weighted by atomic mass is 19.3. The molecule has 1 aromatic carbocycles. The van der Waals surface area contributed by atoms with E-state index in [-0.39, 0.29) is 5.75 Å². The van der Waals surface area contributed by atoms with Gasteiger partial charge in [-0.15, -0.1) is 0 Å². The fraction of sp³-hybridized carbons (Fsp3) is 0.706. The molecule has 234 valence electrons. The Labute approximate surface area is 249 Å². The van der Waals surface area contributed by atoms with Crippen LogP contribution in [-0.2, 0) is 4.74 Å². The lowest BCUT2D eigenvalue weighted by atomic mass is 9.88. The number of rotatable bonds is 8. The summed E-state index contributed by atoms with van der Waals surface area (Å²) in [6.07, 6.45) is 5.61. The van der Waals surface area contributed by atoms with Crippen molar-refractivity contribution in [3.05, 3.63) is 53.3 Å². The Bertz CT molecular complexity index is 921. The first kappa shape index (κ1) is 35.2. The molecule has 5 nitrogen and oxygen atoms in total. The van der Waals surface area contributed by atoms with Crippen molar-refractivity contribution in [2.75, 3.05) is 59.0 Å². The van der Waals surface area contributed by atoms with Gasteiger partial charge in [-0.2, -0.15) is 8.78 Å². The molecule has 41 heavy (non-hydrogen) atoms. The van der Waals surface area contributed by atoms with Crippen LogP contribution in [0.15, 0.2) is 47.7 Å². The number of halogens is 2. The largest absolute Gasteiger partial charge is 0.433 e. The van der Waals surface area contributed by atoms with E-state index in [2.05, 4.69) is 59.3 Å². The third-order valence-electron chi connectivity index (χ3n) is 8.04. The smallest absolute Gasteiger partial charge is 0.394 e. The molecule has 0 N–H and O–H groups in total. The fourth-order valence-corrected chi connectivity index (χ4v) is 5.51. The average molecular weight is 578 g/mol. The van der Waals surface area contributed by atoms with Gasteiger partial charge in [-0.3, -0.25) is 9.80 Å². The Hall–Kier alpha value is -1.96. The zero-order valence-corrected chi connectivity index (χ0v) is 27.1. The summed E-state index contributed by atoms with van der Waals surface area (Å²) in [5, 5.41) is 0. The minimum Gasteiger partial charge on any atom is -0.433 e. The number of allylic oxidation sites excluding steroid dienone is 3. The molecule has 0 aliphatic carbocycles. The zero-order valence-electron chi connectivity index (χ0n) is 27.1. The Morgan fingerprint density at radius 3 is 2.32 bits per heavy atom. The van der Waals surface area contributed by atoms with Crippen LogP contribution in [0.4, 0.5) is 8.78 Å². The van der Waals surface area contributed by atoms with Crippen LogP contribution in [0.5, 0.6) is 5.75 Å². The maximum atomic E-state index is 12.3. The molecule has 1 aromatic rings. The quantitative estimate of drug-likeness (QED) is 0.296. The molecule has 3 aliphatic rings. The van der Waals surface area contributed by atoms with Gasteiger partial charge in [0, 0.05) is 57.9 Å². The Balaban J connectivity index is 0.000000352. The first-order chi connectivity index (χ1) is 19.5. The lowest BCUT2D eigenvalue weighted by molar-refractivity contribution is -0.158. The highest BCUT2D eigenvalue weighted by molar-refractivity contribution is 5.26. The topological polar surface area (TPSA) is 28.2 Å². The first-order valence-electron chi connectivity index (χ1n) is 15.8. The molecule has 4 rings (SSSR count). The van der Waals surface area contributed by atoms with E-state index in [1.165, 1.54) is 69.0 Å². The summed E-state index contributed by atoms with van der Waals surface area (Å²) in [6.45, 7) is 26.0. The first-order valence-corrected chi connectivity index (χ1v) is 15.8. The second kappa shape index (κ2) is 17.9. The van der Waals surface area contributed by atoms with Crippen molar-refractivity contribution in [2.45, 2.75) is 86.8 Å². The zero-order chi connectivity index (χ0) is 30.4. The molecule has 7 heteroatoms. The van der Waals surface area contributed by atoms with Gasteiger partial charge in [0.2, 0.25) is 0 Å². The van der Waals surface area contributed by atoms with Crippen LogP contribution < -0.4 is 4.74 Å². The van der Waals surface area contributed by atoms with Crippen molar-refractivity contribution in [3.8, 4) is 5.75 Å². The van der Waals surface area contributed by atoms with E-state index < -0.39 is 6.11 Å². The molecule has 0 amide bonds. The number of piperidine rings is 1. The number of fused-ring (bicyclic) bond motifs is 1. The van der Waals surface area contributed by atoms with Gasteiger partial charge in [0.05, 0.1) is 13.2 Å². The number of alkyl halides is 2. The molecule has 3 heterocycles. The maximum Gasteiger partial charge on any atom is 0.394 e. The van der Waals surface area contributed by atoms with Gasteiger partial charge in [-0.25, -0.2) is 0 Å². The second-order valence-corrected chi connectivity index (χ2v) is 11.7. The van der Waals surface area contributed by atoms with Crippen LogP contribution in [0, 0.1) is 18.8 Å². The summed E-state index contributed by atoms with van der Waals surface area (Å²) in [7, 11) is 0. The van der Waals surface area contributed by atoms with Crippen molar-refractivity contribution in [3.63, 3.8) is 0 Å². The summed E-state index contributed by atoms with van der Waals surface area (Å²) in [5.41, 5.74) is 3.96. The number of ether oxygens (including phenoxy) is 2. The van der Waals surface area contributed by atoms with E-state index in [0.29, 0.717) is 12.8 Å². The maximum absolute atomic E-state index is 12.3. The highest BCUT2D eigenvalue weighted by Crippen LogP contribution is 2.29. The van der Waals surface area contributed by atoms with E-state index >= 15 is 0 Å². The summed E-state index contributed by atoms with van der Waals surface area (Å²) in [5.74, 6) is 1.67. The predicted octanol–water partition coefficient (Wildman–Crippen LogP) is 7.62. The second-order valence-electron chi connectivity index (χ2n) is 11.7.